The highest BCUT2D eigenvalue weighted by molar-refractivity contribution is 5.01. The van der Waals surface area contributed by atoms with Gasteiger partial charge in [0.25, 0.3) is 0 Å². The van der Waals surface area contributed by atoms with Gasteiger partial charge < -0.3 is 15.7 Å². The number of likely N-dealkylation sites (tertiary alicyclic amines) is 1. The van der Waals surface area contributed by atoms with Gasteiger partial charge in [0.2, 0.25) is 0 Å². The summed E-state index contributed by atoms with van der Waals surface area (Å²) in [5.74, 6) is 1.38. The largest absolute Gasteiger partial charge is 0.394 e. The zero-order valence-electron chi connectivity index (χ0n) is 9.08. The number of nitrogens with zero attached hydrogens (tertiary/aromatic N) is 1. The molecule has 3 nitrogen and oxygen atoms in total. The van der Waals surface area contributed by atoms with E-state index in [1.807, 2.05) is 0 Å². The van der Waals surface area contributed by atoms with E-state index >= 15 is 0 Å². The molecule has 0 aromatic rings. The molecule has 0 spiro atoms. The van der Waals surface area contributed by atoms with E-state index in [0.29, 0.717) is 5.92 Å². The highest BCUT2D eigenvalue weighted by atomic mass is 16.3. The zero-order valence-corrected chi connectivity index (χ0v) is 9.08. The number of aliphatic hydroxyl groups excluding tert-OH is 1. The summed E-state index contributed by atoms with van der Waals surface area (Å²) in [6, 6.07) is 0. The first-order valence-corrected chi connectivity index (χ1v) is 5.76. The third-order valence-corrected chi connectivity index (χ3v) is 3.71. The maximum atomic E-state index is 9.37. The molecule has 1 aliphatic heterocycles. The van der Waals surface area contributed by atoms with Gasteiger partial charge in [-0.15, -0.1) is 0 Å². The van der Waals surface area contributed by atoms with Gasteiger partial charge in [-0.25, -0.2) is 0 Å². The predicted molar refractivity (Wildman–Crippen MR) is 56.9 cm³/mol. The summed E-state index contributed by atoms with van der Waals surface area (Å²) >= 11 is 0. The van der Waals surface area contributed by atoms with Gasteiger partial charge in [-0.3, -0.25) is 0 Å². The van der Waals surface area contributed by atoms with Crippen LogP contribution in [0.25, 0.3) is 0 Å². The second kappa shape index (κ2) is 3.80. The Morgan fingerprint density at radius 1 is 1.43 bits per heavy atom. The standard InChI is InChI=1S/C11H22N2O/c1-9-4-5-13(6-9)7-11(12,8-14)10-2-3-10/h9-10,14H,2-8,12H2,1H3. The van der Waals surface area contributed by atoms with Crippen molar-refractivity contribution < 1.29 is 5.11 Å². The minimum Gasteiger partial charge on any atom is -0.394 e. The fourth-order valence-corrected chi connectivity index (χ4v) is 2.55. The molecule has 1 saturated carbocycles. The van der Waals surface area contributed by atoms with Crippen molar-refractivity contribution in [3.63, 3.8) is 0 Å². The molecule has 0 aromatic heterocycles. The van der Waals surface area contributed by atoms with E-state index in [1.165, 1.54) is 19.3 Å². The van der Waals surface area contributed by atoms with Crippen molar-refractivity contribution in [3.05, 3.63) is 0 Å². The van der Waals surface area contributed by atoms with E-state index < -0.39 is 0 Å². The van der Waals surface area contributed by atoms with E-state index in [-0.39, 0.29) is 12.1 Å². The Morgan fingerprint density at radius 2 is 2.14 bits per heavy atom. The van der Waals surface area contributed by atoms with Gasteiger partial charge in [-0.1, -0.05) is 6.92 Å². The maximum Gasteiger partial charge on any atom is 0.0626 e. The van der Waals surface area contributed by atoms with Crippen molar-refractivity contribution in [2.75, 3.05) is 26.2 Å². The first-order valence-electron chi connectivity index (χ1n) is 5.76. The lowest BCUT2D eigenvalue weighted by molar-refractivity contribution is 0.131. The van der Waals surface area contributed by atoms with Gasteiger partial charge in [0.05, 0.1) is 12.1 Å². The molecule has 3 heteroatoms. The van der Waals surface area contributed by atoms with Gasteiger partial charge >= 0.3 is 0 Å². The molecule has 0 aromatic carbocycles. The minimum atomic E-state index is -0.315. The van der Waals surface area contributed by atoms with Gasteiger partial charge in [-0.2, -0.15) is 0 Å². The van der Waals surface area contributed by atoms with Crippen LogP contribution in [0, 0.1) is 11.8 Å². The van der Waals surface area contributed by atoms with Gasteiger partial charge in [0.1, 0.15) is 0 Å². The monoisotopic (exact) mass is 198 g/mol. The quantitative estimate of drug-likeness (QED) is 0.688. The lowest BCUT2D eigenvalue weighted by atomic mass is 9.95. The SMILES string of the molecule is CC1CCN(CC(N)(CO)C2CC2)C1. The molecule has 2 unspecified atom stereocenters. The minimum absolute atomic E-state index is 0.141. The Balaban J connectivity index is 1.87. The van der Waals surface area contributed by atoms with Crippen molar-refractivity contribution in [2.24, 2.45) is 17.6 Å². The average Bonchev–Trinajstić information content (AvgIpc) is 2.93. The summed E-state index contributed by atoms with van der Waals surface area (Å²) in [6.07, 6.45) is 3.70. The number of hydrogen-bond acceptors (Lipinski definition) is 3. The van der Waals surface area contributed by atoms with E-state index in [0.717, 1.165) is 25.6 Å². The Kier molecular flexibility index (Phi) is 2.82. The van der Waals surface area contributed by atoms with Crippen LogP contribution in [0.2, 0.25) is 0 Å². The first kappa shape index (κ1) is 10.4. The van der Waals surface area contributed by atoms with Crippen molar-refractivity contribution in [1.82, 2.24) is 4.90 Å². The van der Waals surface area contributed by atoms with E-state index in [4.69, 9.17) is 5.73 Å². The van der Waals surface area contributed by atoms with Crippen LogP contribution in [-0.2, 0) is 0 Å². The van der Waals surface area contributed by atoms with Crippen LogP contribution in [0.4, 0.5) is 0 Å². The van der Waals surface area contributed by atoms with E-state index in [2.05, 4.69) is 11.8 Å². The third-order valence-electron chi connectivity index (χ3n) is 3.71. The first-order chi connectivity index (χ1) is 6.64. The fraction of sp³-hybridized carbons (Fsp3) is 1.00. The smallest absolute Gasteiger partial charge is 0.0626 e. The lowest BCUT2D eigenvalue weighted by Gasteiger charge is -2.32. The average molecular weight is 198 g/mol. The number of nitrogens with two attached hydrogens (primary N) is 1. The molecule has 82 valence electrons. The Bertz CT molecular complexity index is 205. The van der Waals surface area contributed by atoms with Crippen LogP contribution in [0.3, 0.4) is 0 Å². The van der Waals surface area contributed by atoms with Crippen molar-refractivity contribution in [2.45, 2.75) is 31.7 Å². The lowest BCUT2D eigenvalue weighted by Crippen LogP contribution is -2.54. The van der Waals surface area contributed by atoms with E-state index in [9.17, 15) is 5.11 Å². The van der Waals surface area contributed by atoms with Crippen LogP contribution < -0.4 is 5.73 Å². The fourth-order valence-electron chi connectivity index (χ4n) is 2.55. The maximum absolute atomic E-state index is 9.37. The second-order valence-electron chi connectivity index (χ2n) is 5.29. The van der Waals surface area contributed by atoms with Crippen molar-refractivity contribution in [1.29, 1.82) is 0 Å². The predicted octanol–water partition coefficient (Wildman–Crippen LogP) is 0.428. The molecule has 2 aliphatic rings. The molecular formula is C11H22N2O. The molecule has 2 atom stereocenters. The molecule has 2 fully saturated rings. The van der Waals surface area contributed by atoms with E-state index in [1.54, 1.807) is 0 Å². The molecule has 14 heavy (non-hydrogen) atoms. The molecule has 1 heterocycles. The Hall–Kier alpha value is -0.120. The van der Waals surface area contributed by atoms with Gasteiger partial charge in [-0.05, 0) is 37.6 Å². The molecular weight excluding hydrogens is 176 g/mol. The topological polar surface area (TPSA) is 49.5 Å². The van der Waals surface area contributed by atoms with Gasteiger partial charge in [0, 0.05) is 13.1 Å². The number of rotatable bonds is 4. The third kappa shape index (κ3) is 2.10. The molecule has 0 radical (unpaired) electrons. The van der Waals surface area contributed by atoms with Crippen LogP contribution in [0.15, 0.2) is 0 Å². The zero-order chi connectivity index (χ0) is 10.2. The summed E-state index contributed by atoms with van der Waals surface area (Å²) in [5, 5.41) is 9.37. The van der Waals surface area contributed by atoms with Crippen molar-refractivity contribution in [3.8, 4) is 0 Å². The number of aliphatic hydroxyl groups is 1. The Labute approximate surface area is 86.3 Å². The molecule has 2 rings (SSSR count). The number of hydrogen-bond donors (Lipinski definition) is 2. The Morgan fingerprint density at radius 3 is 2.57 bits per heavy atom. The molecule has 3 N–H and O–H groups in total. The molecule has 1 saturated heterocycles. The highest BCUT2D eigenvalue weighted by Gasteiger charge is 2.43. The highest BCUT2D eigenvalue weighted by Crippen LogP contribution is 2.38. The summed E-state index contributed by atoms with van der Waals surface area (Å²) in [7, 11) is 0. The van der Waals surface area contributed by atoms with Crippen LogP contribution in [0.1, 0.15) is 26.2 Å². The molecule has 0 bridgehead atoms. The van der Waals surface area contributed by atoms with Gasteiger partial charge in [0.15, 0.2) is 0 Å². The van der Waals surface area contributed by atoms with Crippen LogP contribution in [-0.4, -0.2) is 41.8 Å². The van der Waals surface area contributed by atoms with Crippen molar-refractivity contribution >= 4 is 0 Å². The summed E-state index contributed by atoms with van der Waals surface area (Å²) in [4.78, 5) is 2.42. The van der Waals surface area contributed by atoms with Crippen LogP contribution >= 0.6 is 0 Å². The molecule has 1 aliphatic carbocycles. The summed E-state index contributed by atoms with van der Waals surface area (Å²) in [6.45, 7) is 5.63. The summed E-state index contributed by atoms with van der Waals surface area (Å²) < 4.78 is 0. The van der Waals surface area contributed by atoms with Crippen LogP contribution in [0.5, 0.6) is 0 Å². The second-order valence-corrected chi connectivity index (χ2v) is 5.29. The summed E-state index contributed by atoms with van der Waals surface area (Å²) in [5.41, 5.74) is 5.92. The molecule has 0 amide bonds. The normalized spacial score (nSPS) is 33.2.